The molecule has 0 aliphatic carbocycles. The Morgan fingerprint density at radius 2 is 2.00 bits per heavy atom. The summed E-state index contributed by atoms with van der Waals surface area (Å²) in [6.45, 7) is 1.41. The molecule has 1 aromatic carbocycles. The Hall–Kier alpha value is -2.69. The number of para-hydroxylation sites is 2. The number of rotatable bonds is 6. The van der Waals surface area contributed by atoms with E-state index in [1.165, 1.54) is 17.6 Å². The molecule has 1 aliphatic heterocycles. The minimum atomic E-state index is -3.21. The Morgan fingerprint density at radius 3 is 2.70 bits per heavy atom. The second kappa shape index (κ2) is 8.58. The fourth-order valence-corrected chi connectivity index (χ4v) is 5.19. The third kappa shape index (κ3) is 4.89. The van der Waals surface area contributed by atoms with Gasteiger partial charge in [-0.15, -0.1) is 11.3 Å². The molecular weight excluding hydrogens is 422 g/mol. The molecule has 3 heterocycles. The van der Waals surface area contributed by atoms with E-state index in [0.717, 1.165) is 16.3 Å². The van der Waals surface area contributed by atoms with Gasteiger partial charge in [0, 0.05) is 42.5 Å². The molecule has 158 valence electrons. The smallest absolute Gasteiger partial charge is 0.275 e. The molecule has 0 atom stereocenters. The van der Waals surface area contributed by atoms with Crippen molar-refractivity contribution in [2.45, 2.75) is 18.9 Å². The summed E-state index contributed by atoms with van der Waals surface area (Å²) in [4.78, 5) is 22.4. The Kier molecular flexibility index (Phi) is 5.89. The third-order valence-electron chi connectivity index (χ3n) is 4.95. The molecule has 2 aromatic heterocycles. The molecule has 1 aliphatic rings. The predicted molar refractivity (Wildman–Crippen MR) is 120 cm³/mol. The number of anilines is 2. The molecule has 0 spiro atoms. The number of carbonyl (C=O) groups is 1. The topological polar surface area (TPSA) is 107 Å². The monoisotopic (exact) mass is 445 g/mol. The van der Waals surface area contributed by atoms with Gasteiger partial charge in [-0.25, -0.2) is 18.1 Å². The minimum Gasteiger partial charge on any atom is -0.370 e. The van der Waals surface area contributed by atoms with E-state index in [-0.39, 0.29) is 11.9 Å². The number of aromatic amines is 1. The fraction of sp³-hybridized carbons (Fsp3) is 0.300. The average molecular weight is 446 g/mol. The van der Waals surface area contributed by atoms with Crippen LogP contribution >= 0.6 is 11.3 Å². The zero-order valence-electron chi connectivity index (χ0n) is 16.5. The lowest BCUT2D eigenvalue weighted by Crippen LogP contribution is -2.44. The molecular formula is C20H23N5O3S2. The molecule has 1 fully saturated rings. The SMILES string of the molecule is CS(=O)(=O)NC1CCN(c2ccccc2NC(=O)c2csc(-c3cc[nH]c3)n2)CC1. The molecule has 0 radical (unpaired) electrons. The van der Waals surface area contributed by atoms with Crippen LogP contribution in [0, 0.1) is 0 Å². The van der Waals surface area contributed by atoms with E-state index in [9.17, 15) is 13.2 Å². The van der Waals surface area contributed by atoms with E-state index in [0.29, 0.717) is 37.3 Å². The Balaban J connectivity index is 1.44. The molecule has 0 bridgehead atoms. The Bertz CT molecular complexity index is 1120. The summed E-state index contributed by atoms with van der Waals surface area (Å²) in [6.07, 6.45) is 6.27. The summed E-state index contributed by atoms with van der Waals surface area (Å²) >= 11 is 1.42. The number of hydrogen-bond donors (Lipinski definition) is 3. The van der Waals surface area contributed by atoms with Gasteiger partial charge >= 0.3 is 0 Å². The molecule has 3 N–H and O–H groups in total. The van der Waals surface area contributed by atoms with Gasteiger partial charge in [-0.2, -0.15) is 0 Å². The van der Waals surface area contributed by atoms with Crippen molar-refractivity contribution in [1.29, 1.82) is 0 Å². The molecule has 1 saturated heterocycles. The summed E-state index contributed by atoms with van der Waals surface area (Å²) in [5, 5.41) is 5.52. The number of benzene rings is 1. The summed E-state index contributed by atoms with van der Waals surface area (Å²) in [5.41, 5.74) is 2.96. The Morgan fingerprint density at radius 1 is 1.23 bits per heavy atom. The molecule has 4 rings (SSSR count). The van der Waals surface area contributed by atoms with Crippen molar-refractivity contribution in [2.24, 2.45) is 0 Å². The van der Waals surface area contributed by atoms with Crippen molar-refractivity contribution in [2.75, 3.05) is 29.6 Å². The summed E-state index contributed by atoms with van der Waals surface area (Å²) in [7, 11) is -3.21. The highest BCUT2D eigenvalue weighted by atomic mass is 32.2. The van der Waals surface area contributed by atoms with Gasteiger partial charge in [0.25, 0.3) is 5.91 Å². The van der Waals surface area contributed by atoms with Crippen LogP contribution in [0.15, 0.2) is 48.1 Å². The van der Waals surface area contributed by atoms with Crippen molar-refractivity contribution in [3.8, 4) is 10.6 Å². The van der Waals surface area contributed by atoms with Crippen molar-refractivity contribution in [3.05, 3.63) is 53.8 Å². The van der Waals surface area contributed by atoms with E-state index >= 15 is 0 Å². The van der Waals surface area contributed by atoms with Gasteiger partial charge in [-0.3, -0.25) is 4.79 Å². The highest BCUT2D eigenvalue weighted by Gasteiger charge is 2.23. The normalized spacial score (nSPS) is 15.3. The summed E-state index contributed by atoms with van der Waals surface area (Å²) < 4.78 is 25.6. The zero-order chi connectivity index (χ0) is 21.1. The van der Waals surface area contributed by atoms with E-state index < -0.39 is 10.0 Å². The standard InChI is InChI=1S/C20H23N5O3S2/c1-30(27,28)24-15-7-10-25(11-8-15)18-5-3-2-4-16(18)22-19(26)17-13-29-20(23-17)14-6-9-21-12-14/h2-6,9,12-13,15,21,24H,7-8,10-11H2,1H3,(H,22,26). The van der Waals surface area contributed by atoms with Crippen LogP contribution in [0.1, 0.15) is 23.3 Å². The van der Waals surface area contributed by atoms with Crippen molar-refractivity contribution < 1.29 is 13.2 Å². The number of thiazole rings is 1. The quantitative estimate of drug-likeness (QED) is 0.541. The molecule has 10 heteroatoms. The number of aromatic nitrogens is 2. The maximum atomic E-state index is 12.8. The van der Waals surface area contributed by atoms with Gasteiger partial charge in [0.2, 0.25) is 10.0 Å². The van der Waals surface area contributed by atoms with Crippen LogP contribution in [-0.4, -0.2) is 49.7 Å². The van der Waals surface area contributed by atoms with Gasteiger partial charge in [-0.1, -0.05) is 12.1 Å². The first-order valence-corrected chi connectivity index (χ1v) is 12.4. The number of piperidine rings is 1. The number of H-pyrrole nitrogens is 1. The number of nitrogens with zero attached hydrogens (tertiary/aromatic N) is 2. The van der Waals surface area contributed by atoms with Crippen LogP contribution in [0.5, 0.6) is 0 Å². The first-order chi connectivity index (χ1) is 14.4. The number of carbonyl (C=O) groups excluding carboxylic acids is 1. The van der Waals surface area contributed by atoms with Crippen molar-refractivity contribution in [3.63, 3.8) is 0 Å². The molecule has 0 saturated carbocycles. The number of sulfonamides is 1. The molecule has 1 amide bonds. The maximum Gasteiger partial charge on any atom is 0.275 e. The minimum absolute atomic E-state index is 0.0557. The lowest BCUT2D eigenvalue weighted by Gasteiger charge is -2.34. The van der Waals surface area contributed by atoms with Crippen LogP contribution in [0.25, 0.3) is 10.6 Å². The third-order valence-corrected chi connectivity index (χ3v) is 6.60. The van der Waals surface area contributed by atoms with Crippen LogP contribution in [0.4, 0.5) is 11.4 Å². The highest BCUT2D eigenvalue weighted by molar-refractivity contribution is 7.88. The van der Waals surface area contributed by atoms with Gasteiger partial charge < -0.3 is 15.2 Å². The second-order valence-electron chi connectivity index (χ2n) is 7.26. The zero-order valence-corrected chi connectivity index (χ0v) is 18.1. The molecule has 3 aromatic rings. The van der Waals surface area contributed by atoms with E-state index in [1.54, 1.807) is 5.38 Å². The number of amides is 1. The van der Waals surface area contributed by atoms with E-state index in [2.05, 4.69) is 24.9 Å². The van der Waals surface area contributed by atoms with E-state index in [4.69, 9.17) is 0 Å². The van der Waals surface area contributed by atoms with Crippen LogP contribution in [0.3, 0.4) is 0 Å². The fourth-order valence-electron chi connectivity index (χ4n) is 3.55. The van der Waals surface area contributed by atoms with Gasteiger partial charge in [-0.05, 0) is 31.0 Å². The summed E-state index contributed by atoms with van der Waals surface area (Å²) in [5.74, 6) is -0.255. The lowest BCUT2D eigenvalue weighted by molar-refractivity contribution is 0.102. The van der Waals surface area contributed by atoms with Crippen LogP contribution in [0.2, 0.25) is 0 Å². The predicted octanol–water partition coefficient (Wildman–Crippen LogP) is 2.91. The molecule has 30 heavy (non-hydrogen) atoms. The van der Waals surface area contributed by atoms with Crippen molar-refractivity contribution in [1.82, 2.24) is 14.7 Å². The van der Waals surface area contributed by atoms with Gasteiger partial charge in [0.05, 0.1) is 17.6 Å². The first-order valence-electron chi connectivity index (χ1n) is 9.60. The molecule has 8 nitrogen and oxygen atoms in total. The average Bonchev–Trinajstić information content (AvgIpc) is 3.40. The van der Waals surface area contributed by atoms with Gasteiger partial charge in [0.1, 0.15) is 10.7 Å². The maximum absolute atomic E-state index is 12.8. The molecule has 0 unspecified atom stereocenters. The number of hydrogen-bond acceptors (Lipinski definition) is 6. The number of nitrogens with one attached hydrogen (secondary N) is 3. The highest BCUT2D eigenvalue weighted by Crippen LogP contribution is 2.29. The van der Waals surface area contributed by atoms with Crippen molar-refractivity contribution >= 4 is 38.6 Å². The summed E-state index contributed by atoms with van der Waals surface area (Å²) in [6, 6.07) is 9.50. The second-order valence-corrected chi connectivity index (χ2v) is 9.90. The Labute approximate surface area is 179 Å². The van der Waals surface area contributed by atoms with Crippen LogP contribution in [-0.2, 0) is 10.0 Å². The van der Waals surface area contributed by atoms with Gasteiger partial charge in [0.15, 0.2) is 0 Å². The lowest BCUT2D eigenvalue weighted by atomic mass is 10.0. The van der Waals surface area contributed by atoms with E-state index in [1.807, 2.05) is 42.7 Å². The van der Waals surface area contributed by atoms with Crippen LogP contribution < -0.4 is 14.9 Å². The first kappa shape index (κ1) is 20.6. The largest absolute Gasteiger partial charge is 0.370 e.